The van der Waals surface area contributed by atoms with E-state index in [-0.39, 0.29) is 11.5 Å². The number of hydrogen-bond acceptors (Lipinski definition) is 2. The summed E-state index contributed by atoms with van der Waals surface area (Å²) in [4.78, 5) is 28.6. The minimum atomic E-state index is -0.0483. The number of fused-ring (bicyclic) bond motifs is 1. The second-order valence-corrected chi connectivity index (χ2v) is 5.79. The van der Waals surface area contributed by atoms with Gasteiger partial charge in [-0.3, -0.25) is 9.59 Å². The summed E-state index contributed by atoms with van der Waals surface area (Å²) in [6.45, 7) is 3.62. The third kappa shape index (κ3) is 2.99. The van der Waals surface area contributed by atoms with E-state index in [4.69, 9.17) is 0 Å². The molecule has 1 amide bonds. The molecular formula is C17H20N2O2. The molecule has 0 spiro atoms. The van der Waals surface area contributed by atoms with Crippen molar-refractivity contribution in [2.75, 3.05) is 13.1 Å². The monoisotopic (exact) mass is 284 g/mol. The first kappa shape index (κ1) is 13.9. The molecule has 4 heteroatoms. The Morgan fingerprint density at radius 3 is 2.76 bits per heavy atom. The van der Waals surface area contributed by atoms with Crippen LogP contribution in [0.25, 0.3) is 10.9 Å². The standard InChI is InChI=1S/C17H20N2O2/c1-12-10-14-6-4-13(11-15(14)18-17(12)21)5-7-16(20)19-8-2-3-9-19/h4,6,10-11H,2-3,5,7-9H2,1H3,(H,18,21). The van der Waals surface area contributed by atoms with Gasteiger partial charge in [-0.05, 0) is 49.3 Å². The highest BCUT2D eigenvalue weighted by molar-refractivity contribution is 5.80. The fourth-order valence-corrected chi connectivity index (χ4v) is 2.89. The van der Waals surface area contributed by atoms with Gasteiger partial charge in [0.25, 0.3) is 5.56 Å². The zero-order chi connectivity index (χ0) is 14.8. The average molecular weight is 284 g/mol. The van der Waals surface area contributed by atoms with Crippen LogP contribution in [0.4, 0.5) is 0 Å². The molecule has 1 N–H and O–H groups in total. The van der Waals surface area contributed by atoms with Crippen molar-refractivity contribution in [2.45, 2.75) is 32.6 Å². The molecule has 2 aromatic rings. The molecule has 0 radical (unpaired) electrons. The molecule has 1 aromatic carbocycles. The van der Waals surface area contributed by atoms with Gasteiger partial charge in [-0.25, -0.2) is 0 Å². The normalized spacial score (nSPS) is 14.8. The molecule has 0 aliphatic carbocycles. The second-order valence-electron chi connectivity index (χ2n) is 5.79. The van der Waals surface area contributed by atoms with Crippen LogP contribution in [0.3, 0.4) is 0 Å². The fourth-order valence-electron chi connectivity index (χ4n) is 2.89. The molecule has 0 unspecified atom stereocenters. The van der Waals surface area contributed by atoms with Crippen LogP contribution in [0.15, 0.2) is 29.1 Å². The highest BCUT2D eigenvalue weighted by Crippen LogP contribution is 2.16. The van der Waals surface area contributed by atoms with E-state index in [1.54, 1.807) is 6.92 Å². The Kier molecular flexibility index (Phi) is 3.78. The molecule has 0 saturated carbocycles. The Morgan fingerprint density at radius 2 is 2.00 bits per heavy atom. The zero-order valence-electron chi connectivity index (χ0n) is 12.3. The van der Waals surface area contributed by atoms with Gasteiger partial charge in [-0.2, -0.15) is 0 Å². The van der Waals surface area contributed by atoms with Crippen molar-refractivity contribution >= 4 is 16.8 Å². The van der Waals surface area contributed by atoms with Crippen molar-refractivity contribution in [2.24, 2.45) is 0 Å². The number of hydrogen-bond donors (Lipinski definition) is 1. The number of nitrogens with one attached hydrogen (secondary N) is 1. The zero-order valence-corrected chi connectivity index (χ0v) is 12.3. The number of benzene rings is 1. The van der Waals surface area contributed by atoms with E-state index in [2.05, 4.69) is 4.98 Å². The quantitative estimate of drug-likeness (QED) is 0.941. The summed E-state index contributed by atoms with van der Waals surface area (Å²) < 4.78 is 0. The molecule has 1 aliphatic heterocycles. The third-order valence-corrected chi connectivity index (χ3v) is 4.18. The fraction of sp³-hybridized carbons (Fsp3) is 0.412. The van der Waals surface area contributed by atoms with Gasteiger partial charge in [0.1, 0.15) is 0 Å². The maximum absolute atomic E-state index is 12.0. The predicted octanol–water partition coefficient (Wildman–Crippen LogP) is 2.39. The molecule has 21 heavy (non-hydrogen) atoms. The van der Waals surface area contributed by atoms with Gasteiger partial charge in [0, 0.05) is 30.6 Å². The maximum atomic E-state index is 12.0. The molecule has 1 saturated heterocycles. The van der Waals surface area contributed by atoms with Gasteiger partial charge in [-0.15, -0.1) is 0 Å². The summed E-state index contributed by atoms with van der Waals surface area (Å²) >= 11 is 0. The van der Waals surface area contributed by atoms with Crippen LogP contribution >= 0.6 is 0 Å². The highest BCUT2D eigenvalue weighted by Gasteiger charge is 2.17. The van der Waals surface area contributed by atoms with Crippen molar-refractivity contribution < 1.29 is 4.79 Å². The number of rotatable bonds is 3. The molecule has 0 bridgehead atoms. The number of H-pyrrole nitrogens is 1. The van der Waals surface area contributed by atoms with Crippen LogP contribution in [0.5, 0.6) is 0 Å². The number of aryl methyl sites for hydroxylation is 2. The molecule has 0 atom stereocenters. The lowest BCUT2D eigenvalue weighted by Crippen LogP contribution is -2.27. The number of aromatic amines is 1. The van der Waals surface area contributed by atoms with Gasteiger partial charge < -0.3 is 9.88 Å². The van der Waals surface area contributed by atoms with Crippen molar-refractivity contribution in [3.63, 3.8) is 0 Å². The maximum Gasteiger partial charge on any atom is 0.251 e. The highest BCUT2D eigenvalue weighted by atomic mass is 16.2. The first-order valence-corrected chi connectivity index (χ1v) is 7.54. The lowest BCUT2D eigenvalue weighted by molar-refractivity contribution is -0.130. The minimum absolute atomic E-state index is 0.0483. The molecule has 3 rings (SSSR count). The minimum Gasteiger partial charge on any atom is -0.343 e. The third-order valence-electron chi connectivity index (χ3n) is 4.18. The van der Waals surface area contributed by atoms with E-state index < -0.39 is 0 Å². The Labute approximate surface area is 123 Å². The predicted molar refractivity (Wildman–Crippen MR) is 83.4 cm³/mol. The van der Waals surface area contributed by atoms with Crippen molar-refractivity contribution in [3.8, 4) is 0 Å². The van der Waals surface area contributed by atoms with E-state index in [0.717, 1.165) is 54.4 Å². The summed E-state index contributed by atoms with van der Waals surface area (Å²) in [5.74, 6) is 0.241. The van der Waals surface area contributed by atoms with Gasteiger partial charge in [-0.1, -0.05) is 12.1 Å². The van der Waals surface area contributed by atoms with E-state index >= 15 is 0 Å². The van der Waals surface area contributed by atoms with E-state index in [1.165, 1.54) is 0 Å². The summed E-state index contributed by atoms with van der Waals surface area (Å²) in [7, 11) is 0. The molecular weight excluding hydrogens is 264 g/mol. The van der Waals surface area contributed by atoms with Crippen LogP contribution in [-0.4, -0.2) is 28.9 Å². The molecule has 110 valence electrons. The molecule has 1 fully saturated rings. The number of aromatic nitrogens is 1. The Bertz CT molecular complexity index is 727. The number of pyridine rings is 1. The summed E-state index contributed by atoms with van der Waals surface area (Å²) in [5.41, 5.74) is 2.61. The number of likely N-dealkylation sites (tertiary alicyclic amines) is 1. The second kappa shape index (κ2) is 5.72. The van der Waals surface area contributed by atoms with E-state index in [0.29, 0.717) is 6.42 Å². The van der Waals surface area contributed by atoms with Crippen LogP contribution < -0.4 is 5.56 Å². The first-order chi connectivity index (χ1) is 10.1. The Hall–Kier alpha value is -2.10. The lowest BCUT2D eigenvalue weighted by atomic mass is 10.1. The first-order valence-electron chi connectivity index (χ1n) is 7.54. The summed E-state index contributed by atoms with van der Waals surface area (Å²) in [6.07, 6.45) is 3.52. The van der Waals surface area contributed by atoms with Gasteiger partial charge >= 0.3 is 0 Å². The van der Waals surface area contributed by atoms with Crippen LogP contribution in [-0.2, 0) is 11.2 Å². The molecule has 4 nitrogen and oxygen atoms in total. The number of nitrogens with zero attached hydrogens (tertiary/aromatic N) is 1. The smallest absolute Gasteiger partial charge is 0.251 e. The largest absolute Gasteiger partial charge is 0.343 e. The SMILES string of the molecule is Cc1cc2ccc(CCC(=O)N3CCCC3)cc2[nH]c1=O. The Morgan fingerprint density at radius 1 is 1.24 bits per heavy atom. The number of amides is 1. The molecule has 1 aliphatic rings. The molecule has 2 heterocycles. The lowest BCUT2D eigenvalue weighted by Gasteiger charge is -2.15. The average Bonchev–Trinajstić information content (AvgIpc) is 3.00. The van der Waals surface area contributed by atoms with Gasteiger partial charge in [0.05, 0.1) is 0 Å². The van der Waals surface area contributed by atoms with Crippen molar-refractivity contribution in [1.29, 1.82) is 0 Å². The van der Waals surface area contributed by atoms with E-state index in [1.807, 2.05) is 29.2 Å². The number of carbonyl (C=O) groups is 1. The van der Waals surface area contributed by atoms with Gasteiger partial charge in [0.15, 0.2) is 0 Å². The number of carbonyl (C=O) groups excluding carboxylic acids is 1. The van der Waals surface area contributed by atoms with E-state index in [9.17, 15) is 9.59 Å². The van der Waals surface area contributed by atoms with Gasteiger partial charge in [0.2, 0.25) is 5.91 Å². The topological polar surface area (TPSA) is 53.2 Å². The van der Waals surface area contributed by atoms with Crippen LogP contribution in [0.2, 0.25) is 0 Å². The van der Waals surface area contributed by atoms with Crippen molar-refractivity contribution in [3.05, 3.63) is 45.7 Å². The summed E-state index contributed by atoms with van der Waals surface area (Å²) in [6, 6.07) is 7.92. The van der Waals surface area contributed by atoms with Crippen molar-refractivity contribution in [1.82, 2.24) is 9.88 Å². The Balaban J connectivity index is 1.73. The molecule has 1 aromatic heterocycles. The van der Waals surface area contributed by atoms with Crippen LogP contribution in [0.1, 0.15) is 30.4 Å². The van der Waals surface area contributed by atoms with Crippen LogP contribution in [0, 0.1) is 6.92 Å². The summed E-state index contributed by atoms with van der Waals surface area (Å²) in [5, 5.41) is 1.03.